The lowest BCUT2D eigenvalue weighted by Crippen LogP contribution is -1.91. The van der Waals surface area contributed by atoms with E-state index in [-0.39, 0.29) is 11.3 Å². The number of nitro benzene ring substituents is 1. The number of halogens is 1. The van der Waals surface area contributed by atoms with E-state index in [0.29, 0.717) is 0 Å². The highest BCUT2D eigenvalue weighted by molar-refractivity contribution is 7.79. The van der Waals surface area contributed by atoms with E-state index in [1.807, 2.05) is 0 Å². The van der Waals surface area contributed by atoms with Gasteiger partial charge in [-0.1, -0.05) is 12.2 Å². The average molecular weight is 185 g/mol. The Morgan fingerprint density at radius 2 is 2.25 bits per heavy atom. The van der Waals surface area contributed by atoms with E-state index < -0.39 is 10.7 Å². The highest BCUT2D eigenvalue weighted by Crippen LogP contribution is 2.14. The number of rotatable bonds is 2. The van der Waals surface area contributed by atoms with Crippen molar-refractivity contribution in [1.82, 2.24) is 0 Å². The van der Waals surface area contributed by atoms with Crippen LogP contribution in [0.5, 0.6) is 0 Å². The summed E-state index contributed by atoms with van der Waals surface area (Å²) < 4.78 is 12.8. The smallest absolute Gasteiger partial charge is 0.258 e. The molecular weight excluding hydrogens is 181 g/mol. The molecule has 1 aromatic carbocycles. The van der Waals surface area contributed by atoms with E-state index in [0.717, 1.165) is 11.4 Å². The van der Waals surface area contributed by atoms with Gasteiger partial charge in [0.25, 0.3) is 5.69 Å². The first-order valence-electron chi connectivity index (χ1n) is 3.04. The first kappa shape index (κ1) is 8.73. The molecule has 0 saturated carbocycles. The summed E-state index contributed by atoms with van der Waals surface area (Å²) in [7, 11) is 0. The van der Waals surface area contributed by atoms with Crippen LogP contribution in [0.2, 0.25) is 0 Å². The van der Waals surface area contributed by atoms with Crippen molar-refractivity contribution in [2.75, 3.05) is 0 Å². The summed E-state index contributed by atoms with van der Waals surface area (Å²) in [6, 6.07) is 3.33. The number of benzene rings is 1. The lowest BCUT2D eigenvalue weighted by molar-refractivity contribution is -0.385. The summed E-state index contributed by atoms with van der Waals surface area (Å²) in [5.74, 6) is -0.667. The SMILES string of the molecule is O=[N+]([O-])c1ccc(C=S)c(F)c1. The monoisotopic (exact) mass is 185 g/mol. The Bertz CT molecular complexity index is 340. The maximum absolute atomic E-state index is 12.8. The molecule has 12 heavy (non-hydrogen) atoms. The van der Waals surface area contributed by atoms with Crippen LogP contribution in [-0.2, 0) is 0 Å². The molecule has 0 aliphatic carbocycles. The number of hydrogen-bond donors (Lipinski definition) is 0. The summed E-state index contributed by atoms with van der Waals surface area (Å²) in [6.45, 7) is 0. The lowest BCUT2D eigenvalue weighted by atomic mass is 10.2. The molecule has 0 atom stereocenters. The van der Waals surface area contributed by atoms with Crippen LogP contribution in [0.1, 0.15) is 5.56 Å². The third-order valence-corrected chi connectivity index (χ3v) is 1.58. The van der Waals surface area contributed by atoms with Crippen LogP contribution in [0, 0.1) is 15.9 Å². The fraction of sp³-hybridized carbons (Fsp3) is 0. The zero-order chi connectivity index (χ0) is 9.14. The van der Waals surface area contributed by atoms with E-state index in [4.69, 9.17) is 0 Å². The number of hydrogen-bond acceptors (Lipinski definition) is 3. The maximum Gasteiger partial charge on any atom is 0.272 e. The summed E-state index contributed by atoms with van der Waals surface area (Å²) in [4.78, 5) is 9.50. The number of thiocarbonyl (C=S) groups is 1. The molecule has 0 spiro atoms. The fourth-order valence-corrected chi connectivity index (χ4v) is 0.916. The van der Waals surface area contributed by atoms with Crippen molar-refractivity contribution >= 4 is 23.3 Å². The zero-order valence-corrected chi connectivity index (χ0v) is 6.68. The van der Waals surface area contributed by atoms with Crippen molar-refractivity contribution in [3.05, 3.63) is 39.7 Å². The quantitative estimate of drug-likeness (QED) is 0.402. The number of nitrogens with zero attached hydrogens (tertiary/aromatic N) is 1. The molecule has 0 fully saturated rings. The molecule has 5 heteroatoms. The van der Waals surface area contributed by atoms with Gasteiger partial charge in [0.05, 0.1) is 11.0 Å². The van der Waals surface area contributed by atoms with Crippen LogP contribution >= 0.6 is 12.2 Å². The molecule has 0 aliphatic heterocycles. The van der Waals surface area contributed by atoms with Crippen LogP contribution in [-0.4, -0.2) is 10.3 Å². The highest BCUT2D eigenvalue weighted by atomic mass is 32.1. The Balaban J connectivity index is 3.18. The Morgan fingerprint density at radius 3 is 2.67 bits per heavy atom. The van der Waals surface area contributed by atoms with Crippen molar-refractivity contribution < 1.29 is 9.31 Å². The highest BCUT2D eigenvalue weighted by Gasteiger charge is 2.08. The van der Waals surface area contributed by atoms with Gasteiger partial charge in [0.1, 0.15) is 5.82 Å². The normalized spacial score (nSPS) is 9.42. The molecule has 0 aromatic heterocycles. The molecule has 0 aliphatic rings. The van der Waals surface area contributed by atoms with Crippen molar-refractivity contribution in [1.29, 1.82) is 0 Å². The fourth-order valence-electron chi connectivity index (χ4n) is 0.725. The molecule has 1 rings (SSSR count). The molecule has 3 nitrogen and oxygen atoms in total. The van der Waals surface area contributed by atoms with Gasteiger partial charge in [0.15, 0.2) is 0 Å². The maximum atomic E-state index is 12.8. The molecule has 0 heterocycles. The van der Waals surface area contributed by atoms with E-state index in [9.17, 15) is 14.5 Å². The molecule has 0 unspecified atom stereocenters. The predicted octanol–water partition coefficient (Wildman–Crippen LogP) is 2.08. The minimum Gasteiger partial charge on any atom is -0.258 e. The third-order valence-electron chi connectivity index (χ3n) is 1.32. The van der Waals surface area contributed by atoms with Gasteiger partial charge >= 0.3 is 0 Å². The molecular formula is C7H4FNO2S. The van der Waals surface area contributed by atoms with Gasteiger partial charge in [0, 0.05) is 17.0 Å². The Morgan fingerprint density at radius 1 is 1.58 bits per heavy atom. The van der Waals surface area contributed by atoms with Crippen LogP contribution in [0.25, 0.3) is 0 Å². The second-order valence-corrected chi connectivity index (χ2v) is 2.32. The molecule has 0 radical (unpaired) electrons. The van der Waals surface area contributed by atoms with Crippen LogP contribution in [0.4, 0.5) is 10.1 Å². The average Bonchev–Trinajstić information content (AvgIpc) is 2.04. The summed E-state index contributed by atoms with van der Waals surface area (Å²) in [6.07, 6.45) is 0. The Labute approximate surface area is 73.0 Å². The second kappa shape index (κ2) is 3.36. The predicted molar refractivity (Wildman–Crippen MR) is 45.8 cm³/mol. The van der Waals surface area contributed by atoms with E-state index in [2.05, 4.69) is 12.2 Å². The van der Waals surface area contributed by atoms with Gasteiger partial charge in [-0.05, 0) is 6.07 Å². The van der Waals surface area contributed by atoms with E-state index in [1.165, 1.54) is 12.1 Å². The molecule has 0 saturated heterocycles. The molecule has 0 bridgehead atoms. The van der Waals surface area contributed by atoms with E-state index in [1.54, 1.807) is 0 Å². The standard InChI is InChI=1S/C7H4FNO2S/c8-7-3-6(9(10)11)2-1-5(7)4-12/h1-4H. The number of nitro groups is 1. The molecule has 1 aromatic rings. The van der Waals surface area contributed by atoms with Crippen molar-refractivity contribution in [2.24, 2.45) is 0 Å². The summed E-state index contributed by atoms with van der Waals surface area (Å²) >= 11 is 4.48. The summed E-state index contributed by atoms with van der Waals surface area (Å²) in [5, 5.41) is 11.3. The first-order valence-corrected chi connectivity index (χ1v) is 3.51. The lowest BCUT2D eigenvalue weighted by Gasteiger charge is -1.94. The van der Waals surface area contributed by atoms with Gasteiger partial charge in [-0.15, -0.1) is 0 Å². The zero-order valence-electron chi connectivity index (χ0n) is 5.86. The molecule has 0 amide bonds. The van der Waals surface area contributed by atoms with E-state index >= 15 is 0 Å². The molecule has 62 valence electrons. The Kier molecular flexibility index (Phi) is 2.44. The summed E-state index contributed by atoms with van der Waals surface area (Å²) in [5.41, 5.74) is -0.0799. The van der Waals surface area contributed by atoms with Crippen LogP contribution in [0.3, 0.4) is 0 Å². The van der Waals surface area contributed by atoms with Crippen LogP contribution < -0.4 is 0 Å². The Hall–Kier alpha value is -1.36. The van der Waals surface area contributed by atoms with Gasteiger partial charge in [0.2, 0.25) is 0 Å². The topological polar surface area (TPSA) is 43.1 Å². The van der Waals surface area contributed by atoms with Gasteiger partial charge in [-0.25, -0.2) is 4.39 Å². The largest absolute Gasteiger partial charge is 0.272 e. The first-order chi connectivity index (χ1) is 5.65. The van der Waals surface area contributed by atoms with Gasteiger partial charge in [-0.2, -0.15) is 0 Å². The minimum absolute atomic E-state index is 0.190. The van der Waals surface area contributed by atoms with Crippen molar-refractivity contribution in [2.45, 2.75) is 0 Å². The third kappa shape index (κ3) is 1.62. The van der Waals surface area contributed by atoms with Crippen LogP contribution in [0.15, 0.2) is 18.2 Å². The molecule has 0 N–H and O–H groups in total. The minimum atomic E-state index is -0.667. The van der Waals surface area contributed by atoms with Crippen molar-refractivity contribution in [3.8, 4) is 0 Å². The van der Waals surface area contributed by atoms with Gasteiger partial charge in [-0.3, -0.25) is 10.1 Å². The van der Waals surface area contributed by atoms with Crippen molar-refractivity contribution in [3.63, 3.8) is 0 Å². The van der Waals surface area contributed by atoms with Gasteiger partial charge < -0.3 is 0 Å². The number of non-ortho nitro benzene ring substituents is 1. The second-order valence-electron chi connectivity index (χ2n) is 2.08.